The minimum Gasteiger partial charge on any atom is -0.0904 e. The minimum atomic E-state index is -0.0598. The van der Waals surface area contributed by atoms with Gasteiger partial charge in [-0.3, -0.25) is 0 Å². The summed E-state index contributed by atoms with van der Waals surface area (Å²) in [5.74, 6) is 0. The molecular weight excluding hydrogens is 356 g/mol. The third-order valence-electron chi connectivity index (χ3n) is 0.499. The molecule has 0 rings (SSSR count). The van der Waals surface area contributed by atoms with Gasteiger partial charge >= 0.3 is 0 Å². The molecule has 0 amide bonds. The maximum Gasteiger partial charge on any atom is 0.125 e. The second kappa shape index (κ2) is 11.0. The standard InChI is InChI=1S/C4HCl5.C2HCl3/c5-2(4(8)9)1-3(6)7;3-1-2(4)5/h1H;1H. The molecule has 0 saturated carbocycles. The fraction of sp³-hybridized carbons (Fsp3) is 0. The van der Waals surface area contributed by atoms with E-state index in [1.807, 2.05) is 0 Å². The highest BCUT2D eigenvalue weighted by molar-refractivity contribution is 6.61. The van der Waals surface area contributed by atoms with Crippen molar-refractivity contribution in [1.82, 2.24) is 0 Å². The van der Waals surface area contributed by atoms with Crippen LogP contribution >= 0.6 is 92.8 Å². The molecule has 82 valence electrons. The van der Waals surface area contributed by atoms with Crippen LogP contribution in [0.25, 0.3) is 0 Å². The van der Waals surface area contributed by atoms with E-state index in [9.17, 15) is 0 Å². The first-order valence-corrected chi connectivity index (χ1v) is 5.74. The molecule has 0 aromatic carbocycles. The molecule has 0 aliphatic heterocycles. The smallest absolute Gasteiger partial charge is 0.0904 e. The summed E-state index contributed by atoms with van der Waals surface area (Å²) in [6.45, 7) is 0. The van der Waals surface area contributed by atoms with E-state index in [0.717, 1.165) is 5.54 Å². The summed E-state index contributed by atoms with van der Waals surface area (Å²) in [6.07, 6.45) is 1.24. The van der Waals surface area contributed by atoms with Gasteiger partial charge in [-0.1, -0.05) is 92.8 Å². The van der Waals surface area contributed by atoms with Crippen LogP contribution < -0.4 is 0 Å². The summed E-state index contributed by atoms with van der Waals surface area (Å²) < 4.78 is 0.0425. The highest BCUT2D eigenvalue weighted by Crippen LogP contribution is 2.22. The molecule has 0 aromatic rings. The van der Waals surface area contributed by atoms with Crippen LogP contribution in [0.3, 0.4) is 0 Å². The van der Waals surface area contributed by atoms with Crippen molar-refractivity contribution >= 4 is 92.8 Å². The number of hydrogen-bond acceptors (Lipinski definition) is 0. The molecule has 0 atom stereocenters. The molecular formula is C6H2Cl8. The Bertz CT molecular complexity index is 239. The molecule has 0 N–H and O–H groups in total. The molecule has 0 radical (unpaired) electrons. The predicted octanol–water partition coefficient (Wildman–Crippen LogP) is 6.69. The van der Waals surface area contributed by atoms with Crippen molar-refractivity contribution in [3.05, 3.63) is 30.1 Å². The van der Waals surface area contributed by atoms with E-state index < -0.39 is 0 Å². The molecule has 0 bridgehead atoms. The van der Waals surface area contributed by atoms with Gasteiger partial charge in [0.05, 0.1) is 5.03 Å². The van der Waals surface area contributed by atoms with E-state index >= 15 is 0 Å². The van der Waals surface area contributed by atoms with Crippen LogP contribution in [0.4, 0.5) is 0 Å². The largest absolute Gasteiger partial charge is 0.125 e. The van der Waals surface area contributed by atoms with Crippen molar-refractivity contribution in [1.29, 1.82) is 0 Å². The molecule has 0 fully saturated rings. The van der Waals surface area contributed by atoms with Gasteiger partial charge in [-0.2, -0.15) is 0 Å². The normalized spacial score (nSPS) is 8.00. The van der Waals surface area contributed by atoms with Gasteiger partial charge in [-0.05, 0) is 6.08 Å². The summed E-state index contributed by atoms with van der Waals surface area (Å²) in [6, 6.07) is 0. The summed E-state index contributed by atoms with van der Waals surface area (Å²) in [4.78, 5) is 0. The molecule has 0 heterocycles. The Balaban J connectivity index is 0. The zero-order chi connectivity index (χ0) is 11.7. The molecule has 0 aromatic heterocycles. The Morgan fingerprint density at radius 3 is 1.14 bits per heavy atom. The highest BCUT2D eigenvalue weighted by Gasteiger charge is 1.94. The van der Waals surface area contributed by atoms with E-state index in [1.165, 1.54) is 6.08 Å². The Morgan fingerprint density at radius 1 is 0.714 bits per heavy atom. The van der Waals surface area contributed by atoms with Gasteiger partial charge in [0.1, 0.15) is 13.5 Å². The second-order valence-corrected chi connectivity index (χ2v) is 5.03. The zero-order valence-corrected chi connectivity index (χ0v) is 12.2. The fourth-order valence-corrected chi connectivity index (χ4v) is 0.698. The van der Waals surface area contributed by atoms with E-state index in [0.29, 0.717) is 0 Å². The Labute approximate surface area is 122 Å². The van der Waals surface area contributed by atoms with Crippen LogP contribution in [-0.4, -0.2) is 0 Å². The predicted molar refractivity (Wildman–Crippen MR) is 70.0 cm³/mol. The zero-order valence-electron chi connectivity index (χ0n) is 6.18. The average molecular weight is 358 g/mol. The first-order chi connectivity index (χ1) is 6.31. The van der Waals surface area contributed by atoms with Crippen molar-refractivity contribution in [2.45, 2.75) is 0 Å². The average Bonchev–Trinajstić information content (AvgIpc) is 2.04. The molecule has 0 aliphatic rings. The Morgan fingerprint density at radius 2 is 1.07 bits per heavy atom. The van der Waals surface area contributed by atoms with Crippen LogP contribution in [0.2, 0.25) is 0 Å². The van der Waals surface area contributed by atoms with Gasteiger partial charge in [0.15, 0.2) is 0 Å². The molecule has 14 heavy (non-hydrogen) atoms. The van der Waals surface area contributed by atoms with Crippen LogP contribution in [-0.2, 0) is 0 Å². The van der Waals surface area contributed by atoms with E-state index in [-0.39, 0.29) is 18.5 Å². The quantitative estimate of drug-likeness (QED) is 0.458. The molecule has 0 unspecified atom stereocenters. The minimum absolute atomic E-state index is 0.0128. The molecule has 8 heteroatoms. The van der Waals surface area contributed by atoms with Crippen molar-refractivity contribution in [2.24, 2.45) is 0 Å². The Hall–Kier alpha value is 1.54. The van der Waals surface area contributed by atoms with E-state index in [1.54, 1.807) is 0 Å². The first-order valence-electron chi connectivity index (χ1n) is 2.66. The lowest BCUT2D eigenvalue weighted by atomic mass is 10.6. The van der Waals surface area contributed by atoms with Crippen LogP contribution in [0.1, 0.15) is 0 Å². The van der Waals surface area contributed by atoms with Gasteiger partial charge in [-0.25, -0.2) is 0 Å². The van der Waals surface area contributed by atoms with Crippen molar-refractivity contribution in [2.75, 3.05) is 0 Å². The second-order valence-electron chi connectivity index (χ2n) is 1.44. The van der Waals surface area contributed by atoms with Crippen molar-refractivity contribution in [3.8, 4) is 0 Å². The van der Waals surface area contributed by atoms with Crippen molar-refractivity contribution < 1.29 is 0 Å². The maximum absolute atomic E-state index is 5.38. The number of halogens is 8. The molecule has 0 nitrogen and oxygen atoms in total. The third-order valence-corrected chi connectivity index (χ3v) is 2.28. The monoisotopic (exact) mass is 354 g/mol. The van der Waals surface area contributed by atoms with Gasteiger partial charge in [0, 0.05) is 5.54 Å². The third kappa shape index (κ3) is 16.0. The van der Waals surface area contributed by atoms with Crippen LogP contribution in [0, 0.1) is 0 Å². The van der Waals surface area contributed by atoms with Gasteiger partial charge in [0.25, 0.3) is 0 Å². The lowest BCUT2D eigenvalue weighted by Crippen LogP contribution is -1.63. The molecule has 0 spiro atoms. The summed E-state index contributed by atoms with van der Waals surface area (Å²) in [5.41, 5.74) is 1.09. The summed E-state index contributed by atoms with van der Waals surface area (Å²) in [5, 5.41) is 0.123. The highest BCUT2D eigenvalue weighted by atomic mass is 35.5. The fourth-order valence-electron chi connectivity index (χ4n) is 0.150. The van der Waals surface area contributed by atoms with Crippen molar-refractivity contribution in [3.63, 3.8) is 0 Å². The maximum atomic E-state index is 5.38. The lowest BCUT2D eigenvalue weighted by molar-refractivity contribution is 1.92. The van der Waals surface area contributed by atoms with Gasteiger partial charge < -0.3 is 0 Å². The van der Waals surface area contributed by atoms with Crippen LogP contribution in [0.15, 0.2) is 30.1 Å². The van der Waals surface area contributed by atoms with Gasteiger partial charge in [-0.15, -0.1) is 0 Å². The van der Waals surface area contributed by atoms with E-state index in [2.05, 4.69) is 0 Å². The summed E-state index contributed by atoms with van der Waals surface area (Å²) in [7, 11) is 0. The van der Waals surface area contributed by atoms with Crippen LogP contribution in [0.5, 0.6) is 0 Å². The van der Waals surface area contributed by atoms with E-state index in [4.69, 9.17) is 92.8 Å². The number of rotatable bonds is 1. The summed E-state index contributed by atoms with van der Waals surface area (Å²) >= 11 is 41.1. The number of hydrogen-bond donors (Lipinski definition) is 0. The Kier molecular flexibility index (Phi) is 14.1. The lowest BCUT2D eigenvalue weighted by Gasteiger charge is -1.86. The molecule has 0 aliphatic carbocycles. The van der Waals surface area contributed by atoms with Gasteiger partial charge in [0.2, 0.25) is 0 Å². The SMILES string of the molecule is ClC(Cl)=CC(Cl)=C(Cl)Cl.ClC=C(Cl)Cl. The topological polar surface area (TPSA) is 0 Å². The number of allylic oxidation sites excluding steroid dienone is 2. The first kappa shape index (κ1) is 17.9. The molecule has 0 saturated heterocycles.